The summed E-state index contributed by atoms with van der Waals surface area (Å²) in [5.41, 5.74) is 0. The zero-order chi connectivity index (χ0) is 9.97. The zero-order valence-corrected chi connectivity index (χ0v) is 11.0. The van der Waals surface area contributed by atoms with E-state index in [-0.39, 0.29) is 12.4 Å². The fourth-order valence-corrected chi connectivity index (χ4v) is 2.88. The smallest absolute Gasteiger partial charge is 0.0329 e. The van der Waals surface area contributed by atoms with E-state index in [2.05, 4.69) is 36.2 Å². The highest BCUT2D eigenvalue weighted by atomic mass is 35.5. The highest BCUT2D eigenvalue weighted by Gasteiger charge is 2.15. The van der Waals surface area contributed by atoms with E-state index in [9.17, 15) is 0 Å². The van der Waals surface area contributed by atoms with E-state index in [1.165, 1.54) is 22.8 Å². The first-order valence-electron chi connectivity index (χ1n) is 5.25. The summed E-state index contributed by atoms with van der Waals surface area (Å²) in [6.07, 6.45) is 0. The summed E-state index contributed by atoms with van der Waals surface area (Å²) in [6.45, 7) is 9.05. The van der Waals surface area contributed by atoms with Crippen molar-refractivity contribution in [2.45, 2.75) is 26.4 Å². The number of hydrogen-bond donors (Lipinski definition) is 1. The van der Waals surface area contributed by atoms with Crippen LogP contribution >= 0.6 is 23.7 Å². The lowest BCUT2D eigenvalue weighted by molar-refractivity contribution is 0.201. The molecule has 1 unspecified atom stereocenters. The summed E-state index contributed by atoms with van der Waals surface area (Å²) >= 11 is 1.92. The first-order valence-corrected chi connectivity index (χ1v) is 6.07. The van der Waals surface area contributed by atoms with Crippen molar-refractivity contribution in [1.29, 1.82) is 0 Å². The Morgan fingerprint density at radius 2 is 2.33 bits per heavy atom. The Kier molecular flexibility index (Phi) is 5.06. The van der Waals surface area contributed by atoms with Gasteiger partial charge in [0.15, 0.2) is 0 Å². The lowest BCUT2D eigenvalue weighted by Crippen LogP contribution is -2.48. The molecule has 2 rings (SSSR count). The number of halogens is 1. The fraction of sp³-hybridized carbons (Fsp3) is 0.636. The Morgan fingerprint density at radius 1 is 1.53 bits per heavy atom. The van der Waals surface area contributed by atoms with Gasteiger partial charge < -0.3 is 5.32 Å². The molecule has 0 radical (unpaired) electrons. The first-order chi connectivity index (χ1) is 6.74. The van der Waals surface area contributed by atoms with Crippen molar-refractivity contribution in [1.82, 2.24) is 10.2 Å². The minimum atomic E-state index is 0. The van der Waals surface area contributed by atoms with Crippen LogP contribution in [0.3, 0.4) is 0 Å². The van der Waals surface area contributed by atoms with E-state index in [1.807, 2.05) is 11.3 Å². The van der Waals surface area contributed by atoms with Crippen molar-refractivity contribution in [2.24, 2.45) is 0 Å². The average molecular weight is 247 g/mol. The molecule has 1 saturated heterocycles. The van der Waals surface area contributed by atoms with Gasteiger partial charge in [0.05, 0.1) is 0 Å². The number of rotatable bonds is 2. The van der Waals surface area contributed by atoms with Crippen LogP contribution in [-0.4, -0.2) is 30.6 Å². The topological polar surface area (TPSA) is 15.3 Å². The average Bonchev–Trinajstić information content (AvgIpc) is 2.51. The van der Waals surface area contributed by atoms with Crippen LogP contribution in [0.25, 0.3) is 0 Å². The predicted molar refractivity (Wildman–Crippen MR) is 69.0 cm³/mol. The Labute approximate surface area is 102 Å². The minimum Gasteiger partial charge on any atom is -0.312 e. The van der Waals surface area contributed by atoms with Crippen molar-refractivity contribution in [3.63, 3.8) is 0 Å². The SMILES string of the molecule is Cc1ccc(CN2CCNC(C)C2)s1.Cl. The fourth-order valence-electron chi connectivity index (χ4n) is 1.95. The molecule has 1 aromatic heterocycles. The van der Waals surface area contributed by atoms with E-state index < -0.39 is 0 Å². The summed E-state index contributed by atoms with van der Waals surface area (Å²) in [4.78, 5) is 5.45. The molecule has 1 aliphatic heterocycles. The minimum absolute atomic E-state index is 0. The largest absolute Gasteiger partial charge is 0.312 e. The molecule has 1 aromatic rings. The molecule has 0 bridgehead atoms. The van der Waals surface area contributed by atoms with Gasteiger partial charge in [-0.1, -0.05) is 0 Å². The highest BCUT2D eigenvalue weighted by molar-refractivity contribution is 7.11. The van der Waals surface area contributed by atoms with Gasteiger partial charge >= 0.3 is 0 Å². The van der Waals surface area contributed by atoms with Crippen LogP contribution in [0.1, 0.15) is 16.7 Å². The molecular formula is C11H19ClN2S. The molecule has 0 spiro atoms. The molecule has 4 heteroatoms. The van der Waals surface area contributed by atoms with Gasteiger partial charge in [-0.05, 0) is 26.0 Å². The second-order valence-electron chi connectivity index (χ2n) is 4.10. The molecule has 1 N–H and O–H groups in total. The van der Waals surface area contributed by atoms with Gasteiger partial charge in [-0.15, -0.1) is 23.7 Å². The highest BCUT2D eigenvalue weighted by Crippen LogP contribution is 2.17. The Hall–Kier alpha value is -0.0900. The number of aryl methyl sites for hydroxylation is 1. The van der Waals surface area contributed by atoms with Gasteiger partial charge in [0.2, 0.25) is 0 Å². The maximum atomic E-state index is 3.46. The summed E-state index contributed by atoms with van der Waals surface area (Å²) in [5, 5.41) is 3.46. The monoisotopic (exact) mass is 246 g/mol. The lowest BCUT2D eigenvalue weighted by atomic mass is 10.2. The second-order valence-corrected chi connectivity index (χ2v) is 5.48. The van der Waals surface area contributed by atoms with E-state index >= 15 is 0 Å². The van der Waals surface area contributed by atoms with Crippen LogP contribution in [0.5, 0.6) is 0 Å². The van der Waals surface area contributed by atoms with Crippen LogP contribution in [0.4, 0.5) is 0 Å². The molecule has 1 atom stereocenters. The van der Waals surface area contributed by atoms with Crippen molar-refractivity contribution in [3.05, 3.63) is 21.9 Å². The van der Waals surface area contributed by atoms with Crippen LogP contribution in [0.15, 0.2) is 12.1 Å². The van der Waals surface area contributed by atoms with E-state index in [1.54, 1.807) is 0 Å². The summed E-state index contributed by atoms with van der Waals surface area (Å²) in [5.74, 6) is 0. The third kappa shape index (κ3) is 3.76. The third-order valence-electron chi connectivity index (χ3n) is 2.63. The number of thiophene rings is 1. The van der Waals surface area contributed by atoms with Crippen LogP contribution in [0, 0.1) is 6.92 Å². The summed E-state index contributed by atoms with van der Waals surface area (Å²) < 4.78 is 0. The summed E-state index contributed by atoms with van der Waals surface area (Å²) in [7, 11) is 0. The van der Waals surface area contributed by atoms with Crippen LogP contribution < -0.4 is 5.32 Å². The van der Waals surface area contributed by atoms with Crippen LogP contribution in [-0.2, 0) is 6.54 Å². The lowest BCUT2D eigenvalue weighted by Gasteiger charge is -2.31. The molecule has 0 aromatic carbocycles. The normalized spacial score (nSPS) is 22.4. The van der Waals surface area contributed by atoms with Gasteiger partial charge in [-0.2, -0.15) is 0 Å². The van der Waals surface area contributed by atoms with E-state index in [0.717, 1.165) is 13.1 Å². The second kappa shape index (κ2) is 5.85. The molecule has 0 saturated carbocycles. The standard InChI is InChI=1S/C11H18N2S.ClH/c1-9-7-13(6-5-12-9)8-11-4-3-10(2)14-11;/h3-4,9,12H,5-8H2,1-2H3;1H. The van der Waals surface area contributed by atoms with Gasteiger partial charge in [-0.25, -0.2) is 0 Å². The number of hydrogen-bond acceptors (Lipinski definition) is 3. The molecule has 86 valence electrons. The van der Waals surface area contributed by atoms with Gasteiger partial charge in [0.25, 0.3) is 0 Å². The molecule has 1 aliphatic rings. The molecule has 2 heterocycles. The molecule has 2 nitrogen and oxygen atoms in total. The van der Waals surface area contributed by atoms with Crippen molar-refractivity contribution in [3.8, 4) is 0 Å². The van der Waals surface area contributed by atoms with E-state index in [4.69, 9.17) is 0 Å². The molecule has 0 aliphatic carbocycles. The molecule has 1 fully saturated rings. The van der Waals surface area contributed by atoms with Crippen LogP contribution in [0.2, 0.25) is 0 Å². The quantitative estimate of drug-likeness (QED) is 0.862. The Morgan fingerprint density at radius 3 is 2.93 bits per heavy atom. The van der Waals surface area contributed by atoms with Crippen molar-refractivity contribution >= 4 is 23.7 Å². The maximum absolute atomic E-state index is 3.46. The number of nitrogens with zero attached hydrogens (tertiary/aromatic N) is 1. The Bertz CT molecular complexity index is 301. The zero-order valence-electron chi connectivity index (χ0n) is 9.32. The third-order valence-corrected chi connectivity index (χ3v) is 3.61. The number of piperazine rings is 1. The maximum Gasteiger partial charge on any atom is 0.0329 e. The van der Waals surface area contributed by atoms with Gasteiger partial charge in [0.1, 0.15) is 0 Å². The van der Waals surface area contributed by atoms with Gasteiger partial charge in [-0.3, -0.25) is 4.90 Å². The predicted octanol–water partition coefficient (Wildman–Crippen LogP) is 2.27. The van der Waals surface area contributed by atoms with E-state index in [0.29, 0.717) is 6.04 Å². The van der Waals surface area contributed by atoms with Gasteiger partial charge in [0, 0.05) is 42.0 Å². The number of nitrogens with one attached hydrogen (secondary N) is 1. The molecular weight excluding hydrogens is 228 g/mol. The molecule has 0 amide bonds. The first kappa shape index (κ1) is 13.0. The van der Waals surface area contributed by atoms with Crippen molar-refractivity contribution < 1.29 is 0 Å². The van der Waals surface area contributed by atoms with Crippen molar-refractivity contribution in [2.75, 3.05) is 19.6 Å². The summed E-state index contributed by atoms with van der Waals surface area (Å²) in [6, 6.07) is 5.11. The molecule has 15 heavy (non-hydrogen) atoms. The Balaban J connectivity index is 0.00000112.